The highest BCUT2D eigenvalue weighted by atomic mass is 19.4. The maximum absolute atomic E-state index is 14.5. The van der Waals surface area contributed by atoms with Gasteiger partial charge in [-0.25, -0.2) is 9.37 Å². The summed E-state index contributed by atoms with van der Waals surface area (Å²) in [6.45, 7) is -0.203. The van der Waals surface area contributed by atoms with Crippen molar-refractivity contribution in [1.29, 1.82) is 0 Å². The van der Waals surface area contributed by atoms with Crippen LogP contribution < -0.4 is 0 Å². The van der Waals surface area contributed by atoms with E-state index in [4.69, 9.17) is 0 Å². The second-order valence-electron chi connectivity index (χ2n) is 9.38. The number of aromatic nitrogens is 2. The van der Waals surface area contributed by atoms with E-state index >= 15 is 0 Å². The van der Waals surface area contributed by atoms with Gasteiger partial charge in [0.05, 0.1) is 11.0 Å². The SMILES string of the molecule is O=C(O)Cn1cc(-c2ccc(F)cc2CN(Cc2ccccc2)C(=O)C2CC2)c2nc(C(F)(F)F)ccc21. The molecule has 1 amide bonds. The van der Waals surface area contributed by atoms with Crippen LogP contribution in [0.1, 0.15) is 29.7 Å². The molecule has 1 aliphatic carbocycles. The monoisotopic (exact) mass is 525 g/mol. The van der Waals surface area contributed by atoms with E-state index in [2.05, 4.69) is 4.98 Å². The fourth-order valence-corrected chi connectivity index (χ4v) is 4.57. The van der Waals surface area contributed by atoms with Crippen molar-refractivity contribution in [3.05, 3.63) is 89.5 Å². The third kappa shape index (κ3) is 5.39. The number of carboxylic acid groups (broad SMARTS) is 1. The molecule has 0 saturated heterocycles. The highest BCUT2D eigenvalue weighted by molar-refractivity contribution is 5.95. The molecular formula is C28H23F4N3O3. The van der Waals surface area contributed by atoms with E-state index in [1.54, 1.807) is 4.90 Å². The quantitative estimate of drug-likeness (QED) is 0.292. The average molecular weight is 526 g/mol. The maximum atomic E-state index is 14.5. The van der Waals surface area contributed by atoms with Crippen molar-refractivity contribution in [2.24, 2.45) is 5.92 Å². The lowest BCUT2D eigenvalue weighted by molar-refractivity contribution is -0.141. The Hall–Kier alpha value is -4.21. The minimum absolute atomic E-state index is 0.0158. The van der Waals surface area contributed by atoms with Gasteiger partial charge in [0.15, 0.2) is 0 Å². The Kier molecular flexibility index (Phi) is 6.64. The van der Waals surface area contributed by atoms with Crippen LogP contribution in [0.25, 0.3) is 22.2 Å². The molecule has 0 spiro atoms. The number of hydrogen-bond acceptors (Lipinski definition) is 3. The van der Waals surface area contributed by atoms with Crippen molar-refractivity contribution in [2.75, 3.05) is 0 Å². The van der Waals surface area contributed by atoms with Crippen molar-refractivity contribution >= 4 is 22.9 Å². The van der Waals surface area contributed by atoms with Gasteiger partial charge in [-0.3, -0.25) is 9.59 Å². The lowest BCUT2D eigenvalue weighted by Crippen LogP contribution is -2.31. The molecule has 2 aromatic carbocycles. The Morgan fingerprint density at radius 2 is 1.74 bits per heavy atom. The van der Waals surface area contributed by atoms with Crippen LogP contribution in [0.5, 0.6) is 0 Å². The number of benzene rings is 2. The molecule has 0 radical (unpaired) electrons. The van der Waals surface area contributed by atoms with Crippen LogP contribution in [0, 0.1) is 11.7 Å². The van der Waals surface area contributed by atoms with Crippen LogP contribution >= 0.6 is 0 Å². The first kappa shape index (κ1) is 25.4. The van der Waals surface area contributed by atoms with Crippen molar-refractivity contribution in [3.63, 3.8) is 0 Å². The van der Waals surface area contributed by atoms with Crippen LogP contribution in [-0.2, 0) is 35.4 Å². The molecule has 0 bridgehead atoms. The van der Waals surface area contributed by atoms with E-state index in [9.17, 15) is 32.3 Å². The molecule has 2 heterocycles. The minimum Gasteiger partial charge on any atom is -0.480 e. The summed E-state index contributed by atoms with van der Waals surface area (Å²) in [6, 6.07) is 15.1. The first-order valence-corrected chi connectivity index (χ1v) is 12.0. The molecule has 0 aliphatic heterocycles. The molecule has 6 nitrogen and oxygen atoms in total. The standard InChI is InChI=1S/C28H23F4N3O3/c29-20-8-9-21(19(12-20)14-35(27(38)18-6-7-18)13-17-4-2-1-3-5-17)22-15-34(16-25(36)37)23-10-11-24(28(30,31)32)33-26(22)23/h1-5,8-12,15,18H,6-7,13-14,16H2,(H,36,37). The summed E-state index contributed by atoms with van der Waals surface area (Å²) in [5.74, 6) is -1.93. The van der Waals surface area contributed by atoms with E-state index in [1.807, 2.05) is 30.3 Å². The molecular weight excluding hydrogens is 502 g/mol. The molecule has 0 atom stereocenters. The number of halogens is 4. The van der Waals surface area contributed by atoms with Crippen LogP contribution in [0.15, 0.2) is 66.9 Å². The Labute approximate surface area is 215 Å². The van der Waals surface area contributed by atoms with Crippen LogP contribution in [0.2, 0.25) is 0 Å². The average Bonchev–Trinajstić information content (AvgIpc) is 3.66. The van der Waals surface area contributed by atoms with Crippen molar-refractivity contribution in [1.82, 2.24) is 14.5 Å². The third-order valence-corrected chi connectivity index (χ3v) is 6.49. The number of nitrogens with zero attached hydrogens (tertiary/aromatic N) is 3. The molecule has 1 aliphatic rings. The molecule has 0 unspecified atom stereocenters. The molecule has 38 heavy (non-hydrogen) atoms. The fraction of sp³-hybridized carbons (Fsp3) is 0.250. The summed E-state index contributed by atoms with van der Waals surface area (Å²) in [4.78, 5) is 30.1. The highest BCUT2D eigenvalue weighted by Crippen LogP contribution is 2.37. The largest absolute Gasteiger partial charge is 0.480 e. The second-order valence-corrected chi connectivity index (χ2v) is 9.38. The molecule has 5 rings (SSSR count). The minimum atomic E-state index is -4.71. The van der Waals surface area contributed by atoms with Crippen LogP contribution in [-0.4, -0.2) is 31.4 Å². The number of carbonyl (C=O) groups is 2. The Bertz CT molecular complexity index is 1510. The van der Waals surface area contributed by atoms with Gasteiger partial charge in [-0.05, 0) is 53.8 Å². The predicted molar refractivity (Wildman–Crippen MR) is 131 cm³/mol. The number of alkyl halides is 3. The smallest absolute Gasteiger partial charge is 0.433 e. The molecule has 1 N–H and O–H groups in total. The lowest BCUT2D eigenvalue weighted by atomic mass is 9.99. The zero-order valence-electron chi connectivity index (χ0n) is 20.1. The Balaban J connectivity index is 1.62. The number of rotatable bonds is 8. The molecule has 1 saturated carbocycles. The summed E-state index contributed by atoms with van der Waals surface area (Å²) >= 11 is 0. The highest BCUT2D eigenvalue weighted by Gasteiger charge is 2.35. The van der Waals surface area contributed by atoms with Gasteiger partial charge in [0.2, 0.25) is 5.91 Å². The van der Waals surface area contributed by atoms with E-state index in [-0.39, 0.29) is 41.5 Å². The van der Waals surface area contributed by atoms with Gasteiger partial charge in [0.1, 0.15) is 18.1 Å². The molecule has 4 aromatic rings. The normalized spacial score (nSPS) is 13.6. The molecule has 196 valence electrons. The Morgan fingerprint density at radius 1 is 1.00 bits per heavy atom. The summed E-state index contributed by atoms with van der Waals surface area (Å²) in [6.07, 6.45) is -1.76. The second kappa shape index (κ2) is 9.92. The van der Waals surface area contributed by atoms with Gasteiger partial charge < -0.3 is 14.6 Å². The molecule has 1 fully saturated rings. The van der Waals surface area contributed by atoms with Gasteiger partial charge in [-0.15, -0.1) is 0 Å². The summed E-state index contributed by atoms with van der Waals surface area (Å²) in [7, 11) is 0. The molecule has 2 aromatic heterocycles. The number of carbonyl (C=O) groups excluding carboxylic acids is 1. The number of hydrogen-bond donors (Lipinski definition) is 1. The van der Waals surface area contributed by atoms with Crippen LogP contribution in [0.4, 0.5) is 17.6 Å². The van der Waals surface area contributed by atoms with Crippen LogP contribution in [0.3, 0.4) is 0 Å². The van der Waals surface area contributed by atoms with E-state index in [0.29, 0.717) is 11.1 Å². The van der Waals surface area contributed by atoms with Crippen molar-refractivity contribution in [2.45, 2.75) is 38.7 Å². The third-order valence-electron chi connectivity index (χ3n) is 6.49. The predicted octanol–water partition coefficient (Wildman–Crippen LogP) is 5.88. The summed E-state index contributed by atoms with van der Waals surface area (Å²) in [5, 5.41) is 9.34. The van der Waals surface area contributed by atoms with E-state index < -0.39 is 30.2 Å². The van der Waals surface area contributed by atoms with E-state index in [1.165, 1.54) is 35.0 Å². The van der Waals surface area contributed by atoms with Crippen molar-refractivity contribution < 1.29 is 32.3 Å². The topological polar surface area (TPSA) is 75.4 Å². The zero-order chi connectivity index (χ0) is 27.0. The van der Waals surface area contributed by atoms with Gasteiger partial charge in [0, 0.05) is 30.8 Å². The molecule has 10 heteroatoms. The summed E-state index contributed by atoms with van der Waals surface area (Å²) < 4.78 is 56.2. The number of aliphatic carboxylic acids is 1. The first-order chi connectivity index (χ1) is 18.1. The maximum Gasteiger partial charge on any atom is 0.433 e. The number of amides is 1. The van der Waals surface area contributed by atoms with Gasteiger partial charge in [-0.2, -0.15) is 13.2 Å². The first-order valence-electron chi connectivity index (χ1n) is 12.0. The van der Waals surface area contributed by atoms with Gasteiger partial charge in [-0.1, -0.05) is 36.4 Å². The van der Waals surface area contributed by atoms with Crippen molar-refractivity contribution in [3.8, 4) is 11.1 Å². The van der Waals surface area contributed by atoms with Gasteiger partial charge >= 0.3 is 12.1 Å². The zero-order valence-corrected chi connectivity index (χ0v) is 20.1. The number of pyridine rings is 1. The summed E-state index contributed by atoms with van der Waals surface area (Å²) in [5.41, 5.74) is 0.864. The fourth-order valence-electron chi connectivity index (χ4n) is 4.57. The van der Waals surface area contributed by atoms with E-state index in [0.717, 1.165) is 24.5 Å². The number of carboxylic acids is 1. The van der Waals surface area contributed by atoms with Gasteiger partial charge in [0.25, 0.3) is 0 Å². The number of fused-ring (bicyclic) bond motifs is 1. The Morgan fingerprint density at radius 3 is 2.39 bits per heavy atom. The lowest BCUT2D eigenvalue weighted by Gasteiger charge is -2.24.